The van der Waals surface area contributed by atoms with Crippen molar-refractivity contribution in [3.05, 3.63) is 23.8 Å². The van der Waals surface area contributed by atoms with Gasteiger partial charge >= 0.3 is 5.97 Å². The molecule has 1 N–H and O–H groups in total. The highest BCUT2D eigenvalue weighted by Gasteiger charge is 2.15. The Morgan fingerprint density at radius 3 is 2.92 bits per heavy atom. The summed E-state index contributed by atoms with van der Waals surface area (Å²) in [4.78, 5) is 10.3. The van der Waals surface area contributed by atoms with Crippen molar-refractivity contribution in [3.63, 3.8) is 0 Å². The van der Waals surface area contributed by atoms with E-state index in [-0.39, 0.29) is 0 Å². The first-order valence-electron chi connectivity index (χ1n) is 4.66. The molecule has 1 aliphatic carbocycles. The maximum absolute atomic E-state index is 10.3. The minimum atomic E-state index is -0.847. The van der Waals surface area contributed by atoms with Gasteiger partial charge in [0.15, 0.2) is 0 Å². The third-order valence-corrected chi connectivity index (χ3v) is 2.34. The van der Waals surface area contributed by atoms with Crippen LogP contribution in [0.1, 0.15) is 26.7 Å². The van der Waals surface area contributed by atoms with E-state index in [0.717, 1.165) is 12.8 Å². The van der Waals surface area contributed by atoms with Gasteiger partial charge in [-0.15, -0.1) is 0 Å². The second-order valence-electron chi connectivity index (χ2n) is 3.89. The molecule has 2 atom stereocenters. The molecule has 0 aliphatic heterocycles. The SMILES string of the molecule is CC1=C[C@@H](C)C[C@H](/C=C/C(=O)O)C1. The van der Waals surface area contributed by atoms with Crippen molar-refractivity contribution in [1.82, 2.24) is 0 Å². The molecule has 72 valence electrons. The number of hydrogen-bond acceptors (Lipinski definition) is 1. The van der Waals surface area contributed by atoms with Crippen LogP contribution < -0.4 is 0 Å². The average Bonchev–Trinajstić information content (AvgIpc) is 1.99. The smallest absolute Gasteiger partial charge is 0.327 e. The Morgan fingerprint density at radius 1 is 1.69 bits per heavy atom. The Labute approximate surface area is 79.0 Å². The summed E-state index contributed by atoms with van der Waals surface area (Å²) in [5, 5.41) is 8.47. The first-order valence-corrected chi connectivity index (χ1v) is 4.66. The lowest BCUT2D eigenvalue weighted by molar-refractivity contribution is -0.131. The predicted octanol–water partition coefficient (Wildman–Crippen LogP) is 2.62. The minimum Gasteiger partial charge on any atom is -0.478 e. The van der Waals surface area contributed by atoms with Gasteiger partial charge in [0, 0.05) is 6.08 Å². The van der Waals surface area contributed by atoms with Gasteiger partial charge in [0.25, 0.3) is 0 Å². The topological polar surface area (TPSA) is 37.3 Å². The van der Waals surface area contributed by atoms with Crippen LogP contribution in [-0.4, -0.2) is 11.1 Å². The van der Waals surface area contributed by atoms with Crippen LogP contribution in [0, 0.1) is 11.8 Å². The third kappa shape index (κ3) is 3.45. The van der Waals surface area contributed by atoms with Gasteiger partial charge in [-0.1, -0.05) is 24.6 Å². The molecule has 13 heavy (non-hydrogen) atoms. The van der Waals surface area contributed by atoms with Gasteiger partial charge < -0.3 is 5.11 Å². The summed E-state index contributed by atoms with van der Waals surface area (Å²) in [6.07, 6.45) is 7.42. The van der Waals surface area contributed by atoms with Crippen LogP contribution in [-0.2, 0) is 4.79 Å². The van der Waals surface area contributed by atoms with Crippen LogP contribution in [0.4, 0.5) is 0 Å². The lowest BCUT2D eigenvalue weighted by Gasteiger charge is -2.22. The second kappa shape index (κ2) is 4.26. The molecule has 0 amide bonds. The van der Waals surface area contributed by atoms with Crippen molar-refractivity contribution in [2.75, 3.05) is 0 Å². The zero-order valence-corrected chi connectivity index (χ0v) is 8.16. The molecule has 0 radical (unpaired) electrons. The Morgan fingerprint density at radius 2 is 2.38 bits per heavy atom. The molecule has 0 spiro atoms. The number of carbonyl (C=O) groups is 1. The van der Waals surface area contributed by atoms with Gasteiger partial charge in [-0.3, -0.25) is 0 Å². The molecule has 1 aliphatic rings. The van der Waals surface area contributed by atoms with Crippen molar-refractivity contribution in [3.8, 4) is 0 Å². The van der Waals surface area contributed by atoms with Gasteiger partial charge in [0.2, 0.25) is 0 Å². The third-order valence-electron chi connectivity index (χ3n) is 2.34. The Kier molecular flexibility index (Phi) is 3.29. The molecular formula is C11H16O2. The van der Waals surface area contributed by atoms with Gasteiger partial charge in [0.05, 0.1) is 0 Å². The van der Waals surface area contributed by atoms with E-state index < -0.39 is 5.97 Å². The van der Waals surface area contributed by atoms with Crippen molar-refractivity contribution in [2.45, 2.75) is 26.7 Å². The van der Waals surface area contributed by atoms with Crippen molar-refractivity contribution in [2.24, 2.45) is 11.8 Å². The van der Waals surface area contributed by atoms with E-state index in [0.29, 0.717) is 11.8 Å². The predicted molar refractivity (Wildman–Crippen MR) is 52.4 cm³/mol. The van der Waals surface area contributed by atoms with Crippen LogP contribution in [0.5, 0.6) is 0 Å². The van der Waals surface area contributed by atoms with E-state index in [9.17, 15) is 4.79 Å². The number of carboxylic acid groups (broad SMARTS) is 1. The largest absolute Gasteiger partial charge is 0.478 e. The normalized spacial score (nSPS) is 28.9. The van der Waals surface area contributed by atoms with Gasteiger partial charge in [0.1, 0.15) is 0 Å². The van der Waals surface area contributed by atoms with Crippen LogP contribution in [0.25, 0.3) is 0 Å². The minimum absolute atomic E-state index is 0.413. The van der Waals surface area contributed by atoms with Crippen LogP contribution in [0.3, 0.4) is 0 Å². The Bertz CT molecular complexity index is 251. The van der Waals surface area contributed by atoms with E-state index in [4.69, 9.17) is 5.11 Å². The highest BCUT2D eigenvalue weighted by Crippen LogP contribution is 2.28. The molecule has 0 heterocycles. The molecular weight excluding hydrogens is 164 g/mol. The Balaban J connectivity index is 2.55. The summed E-state index contributed by atoms with van der Waals surface area (Å²) in [6.45, 7) is 4.28. The second-order valence-corrected chi connectivity index (χ2v) is 3.89. The average molecular weight is 180 g/mol. The molecule has 2 heteroatoms. The molecule has 0 unspecified atom stereocenters. The number of hydrogen-bond donors (Lipinski definition) is 1. The molecule has 0 saturated carbocycles. The van der Waals surface area contributed by atoms with Crippen LogP contribution in [0.2, 0.25) is 0 Å². The number of allylic oxidation sites excluding steroid dienone is 3. The summed E-state index contributed by atoms with van der Waals surface area (Å²) in [7, 11) is 0. The Hall–Kier alpha value is -1.05. The number of carboxylic acids is 1. The fraction of sp³-hybridized carbons (Fsp3) is 0.545. The molecule has 2 nitrogen and oxygen atoms in total. The van der Waals surface area contributed by atoms with E-state index in [1.807, 2.05) is 6.08 Å². The monoisotopic (exact) mass is 180 g/mol. The molecule has 0 aromatic heterocycles. The molecule has 0 bridgehead atoms. The lowest BCUT2D eigenvalue weighted by Crippen LogP contribution is -2.09. The van der Waals surface area contributed by atoms with E-state index >= 15 is 0 Å². The maximum Gasteiger partial charge on any atom is 0.327 e. The summed E-state index contributed by atoms with van der Waals surface area (Å²) in [5.74, 6) is 0.146. The molecule has 0 saturated heterocycles. The lowest BCUT2D eigenvalue weighted by atomic mass is 9.83. The fourth-order valence-electron chi connectivity index (χ4n) is 1.96. The van der Waals surface area contributed by atoms with Gasteiger partial charge in [-0.2, -0.15) is 0 Å². The summed E-state index contributed by atoms with van der Waals surface area (Å²) in [5.41, 5.74) is 1.37. The van der Waals surface area contributed by atoms with Crippen LogP contribution >= 0.6 is 0 Å². The summed E-state index contributed by atoms with van der Waals surface area (Å²) >= 11 is 0. The number of rotatable bonds is 2. The first-order chi connectivity index (χ1) is 6.08. The van der Waals surface area contributed by atoms with Gasteiger partial charge in [-0.25, -0.2) is 4.79 Å². The van der Waals surface area contributed by atoms with E-state index in [1.165, 1.54) is 11.6 Å². The molecule has 0 aromatic carbocycles. The van der Waals surface area contributed by atoms with Crippen molar-refractivity contribution >= 4 is 5.97 Å². The first kappa shape index (κ1) is 10.0. The summed E-state index contributed by atoms with van der Waals surface area (Å²) in [6, 6.07) is 0. The highest BCUT2D eigenvalue weighted by atomic mass is 16.4. The van der Waals surface area contributed by atoms with Gasteiger partial charge in [-0.05, 0) is 31.6 Å². The van der Waals surface area contributed by atoms with E-state index in [1.54, 1.807) is 0 Å². The van der Waals surface area contributed by atoms with Crippen molar-refractivity contribution in [1.29, 1.82) is 0 Å². The quantitative estimate of drug-likeness (QED) is 0.524. The highest BCUT2D eigenvalue weighted by molar-refractivity contribution is 5.79. The zero-order valence-electron chi connectivity index (χ0n) is 8.16. The van der Waals surface area contributed by atoms with E-state index in [2.05, 4.69) is 19.9 Å². The van der Waals surface area contributed by atoms with Crippen LogP contribution in [0.15, 0.2) is 23.8 Å². The summed E-state index contributed by atoms with van der Waals surface area (Å²) < 4.78 is 0. The molecule has 0 fully saturated rings. The van der Waals surface area contributed by atoms with Crippen molar-refractivity contribution < 1.29 is 9.90 Å². The molecule has 0 aromatic rings. The maximum atomic E-state index is 10.3. The molecule has 1 rings (SSSR count). The standard InChI is InChI=1S/C11H16O2/c1-8-5-9(2)7-10(6-8)3-4-11(12)13/h3-5,8,10H,6-7H2,1-2H3,(H,12,13)/b4-3+/t8-,10+/m1/s1. The number of aliphatic carboxylic acids is 1. The fourth-order valence-corrected chi connectivity index (χ4v) is 1.96. The zero-order chi connectivity index (χ0) is 9.84.